The lowest BCUT2D eigenvalue weighted by Gasteiger charge is -2.06. The Balaban J connectivity index is 2.19. The number of hydrogen-bond acceptors (Lipinski definition) is 5. The number of carbonyl (C=O) groups is 2. The van der Waals surface area contributed by atoms with Gasteiger partial charge >= 0.3 is 5.97 Å². The van der Waals surface area contributed by atoms with E-state index < -0.39 is 23.1 Å². The van der Waals surface area contributed by atoms with Crippen molar-refractivity contribution in [2.24, 2.45) is 0 Å². The molecule has 23 heavy (non-hydrogen) atoms. The fraction of sp³-hybridized carbons (Fsp3) is 0.0625. The van der Waals surface area contributed by atoms with E-state index in [4.69, 9.17) is 14.9 Å². The highest BCUT2D eigenvalue weighted by atomic mass is 16.5. The van der Waals surface area contributed by atoms with Crippen molar-refractivity contribution in [3.8, 4) is 5.88 Å². The van der Waals surface area contributed by atoms with Gasteiger partial charge in [0.05, 0.1) is 0 Å². The zero-order valence-electron chi connectivity index (χ0n) is 11.9. The number of nitrogens with one attached hydrogen (secondary N) is 1. The number of H-pyrrole nitrogens is 1. The van der Waals surface area contributed by atoms with Gasteiger partial charge in [0.15, 0.2) is 11.7 Å². The van der Waals surface area contributed by atoms with Gasteiger partial charge in [-0.2, -0.15) is 0 Å². The maximum atomic E-state index is 11.8. The van der Waals surface area contributed by atoms with Gasteiger partial charge in [-0.25, -0.2) is 4.79 Å². The van der Waals surface area contributed by atoms with Crippen LogP contribution < -0.4 is 10.3 Å². The minimum Gasteiger partial charge on any atom is -0.502 e. The number of allylic oxidation sites excluding steroid dienone is 1. The molecule has 0 atom stereocenters. The van der Waals surface area contributed by atoms with Crippen LogP contribution in [0.25, 0.3) is 0 Å². The topological polar surface area (TPSA) is 117 Å². The minimum absolute atomic E-state index is 0.0629. The number of hydrogen-bond donors (Lipinski definition) is 3. The summed E-state index contributed by atoms with van der Waals surface area (Å²) in [6, 6.07) is 11.4. The van der Waals surface area contributed by atoms with Crippen molar-refractivity contribution in [3.05, 3.63) is 75.8 Å². The molecule has 0 saturated carbocycles. The molecule has 0 aliphatic rings. The van der Waals surface area contributed by atoms with Crippen LogP contribution in [-0.2, 0) is 11.4 Å². The molecule has 7 nitrogen and oxygen atoms in total. The van der Waals surface area contributed by atoms with E-state index in [1.165, 1.54) is 6.07 Å². The number of aliphatic hydroxyl groups is 1. The number of aromatic amines is 1. The monoisotopic (exact) mass is 315 g/mol. The Morgan fingerprint density at radius 1 is 1.13 bits per heavy atom. The van der Waals surface area contributed by atoms with Crippen molar-refractivity contribution in [2.45, 2.75) is 6.61 Å². The van der Waals surface area contributed by atoms with Gasteiger partial charge in [0.2, 0.25) is 5.76 Å². The van der Waals surface area contributed by atoms with Crippen LogP contribution in [0.4, 0.5) is 0 Å². The molecule has 0 saturated heterocycles. The van der Waals surface area contributed by atoms with E-state index in [-0.39, 0.29) is 18.1 Å². The van der Waals surface area contributed by atoms with E-state index in [0.717, 1.165) is 11.6 Å². The second-order valence-corrected chi connectivity index (χ2v) is 4.57. The lowest BCUT2D eigenvalue weighted by molar-refractivity contribution is -0.135. The third kappa shape index (κ3) is 4.57. The Kier molecular flexibility index (Phi) is 4.93. The number of aliphatic hydroxyl groups excluding tert-OH is 1. The Morgan fingerprint density at radius 3 is 2.48 bits per heavy atom. The number of carboxylic acids is 1. The number of aliphatic carboxylic acids is 1. The van der Waals surface area contributed by atoms with Gasteiger partial charge < -0.3 is 14.9 Å². The molecule has 3 N–H and O–H groups in total. The molecule has 1 aromatic carbocycles. The summed E-state index contributed by atoms with van der Waals surface area (Å²) in [6.45, 7) is 0.185. The number of rotatable bonds is 6. The summed E-state index contributed by atoms with van der Waals surface area (Å²) >= 11 is 0. The molecule has 1 aromatic heterocycles. The van der Waals surface area contributed by atoms with Crippen molar-refractivity contribution in [2.75, 3.05) is 0 Å². The van der Waals surface area contributed by atoms with Crippen molar-refractivity contribution in [3.63, 3.8) is 0 Å². The number of pyridine rings is 1. The minimum atomic E-state index is -1.64. The molecule has 2 aromatic rings. The van der Waals surface area contributed by atoms with Crippen LogP contribution in [0.15, 0.2) is 59.1 Å². The van der Waals surface area contributed by atoms with E-state index in [1.54, 1.807) is 0 Å². The number of aromatic nitrogens is 1. The second-order valence-electron chi connectivity index (χ2n) is 4.57. The quantitative estimate of drug-likeness (QED) is 0.424. The molecule has 2 rings (SSSR count). The predicted molar refractivity (Wildman–Crippen MR) is 80.5 cm³/mol. The number of carboxylic acid groups (broad SMARTS) is 1. The molecule has 0 radical (unpaired) electrons. The molecule has 7 heteroatoms. The van der Waals surface area contributed by atoms with Gasteiger partial charge in [-0.15, -0.1) is 0 Å². The van der Waals surface area contributed by atoms with Crippen LogP contribution in [0.1, 0.15) is 15.9 Å². The Bertz CT molecular complexity index is 807. The molecule has 0 spiro atoms. The Labute approximate surface area is 130 Å². The van der Waals surface area contributed by atoms with Crippen LogP contribution in [0.5, 0.6) is 5.88 Å². The summed E-state index contributed by atoms with van der Waals surface area (Å²) in [7, 11) is 0. The SMILES string of the molecule is O=C(O)C(O)=CC(=O)c1cc(OCc2ccccc2)[nH]c(=O)c1. The van der Waals surface area contributed by atoms with Gasteiger partial charge in [0, 0.05) is 23.8 Å². The molecule has 0 amide bonds. The first-order valence-electron chi connectivity index (χ1n) is 6.55. The van der Waals surface area contributed by atoms with Gasteiger partial charge in [0.1, 0.15) is 6.61 Å². The highest BCUT2D eigenvalue weighted by Crippen LogP contribution is 2.11. The van der Waals surface area contributed by atoms with Crippen molar-refractivity contribution >= 4 is 11.8 Å². The molecule has 0 unspecified atom stereocenters. The summed E-state index contributed by atoms with van der Waals surface area (Å²) in [6.07, 6.45) is 0.526. The Hall–Kier alpha value is -3.35. The zero-order chi connectivity index (χ0) is 16.8. The van der Waals surface area contributed by atoms with Gasteiger partial charge in [-0.1, -0.05) is 30.3 Å². The third-order valence-corrected chi connectivity index (χ3v) is 2.83. The fourth-order valence-corrected chi connectivity index (χ4v) is 1.74. The van der Waals surface area contributed by atoms with E-state index in [2.05, 4.69) is 4.98 Å². The predicted octanol–water partition coefficient (Wildman–Crippen LogP) is 1.66. The third-order valence-electron chi connectivity index (χ3n) is 2.83. The smallest absolute Gasteiger partial charge is 0.371 e. The first kappa shape index (κ1) is 16.0. The number of ether oxygens (including phenoxy) is 1. The first-order chi connectivity index (χ1) is 11.0. The molecule has 0 aliphatic carbocycles. The maximum Gasteiger partial charge on any atom is 0.371 e. The molecule has 118 valence electrons. The number of benzene rings is 1. The van der Waals surface area contributed by atoms with Crippen molar-refractivity contribution < 1.29 is 24.5 Å². The fourth-order valence-electron chi connectivity index (χ4n) is 1.74. The van der Waals surface area contributed by atoms with Crippen molar-refractivity contribution in [1.29, 1.82) is 0 Å². The largest absolute Gasteiger partial charge is 0.502 e. The highest BCUT2D eigenvalue weighted by Gasteiger charge is 2.11. The first-order valence-corrected chi connectivity index (χ1v) is 6.55. The van der Waals surface area contributed by atoms with E-state index >= 15 is 0 Å². The Morgan fingerprint density at radius 2 is 1.83 bits per heavy atom. The summed E-state index contributed by atoms with van der Waals surface area (Å²) in [5.41, 5.74) is 0.195. The molecule has 1 heterocycles. The average molecular weight is 315 g/mol. The number of ketones is 1. The molecule has 0 aliphatic heterocycles. The van der Waals surface area contributed by atoms with Crippen LogP contribution >= 0.6 is 0 Å². The average Bonchev–Trinajstić information content (AvgIpc) is 2.53. The van der Waals surface area contributed by atoms with Crippen LogP contribution in [-0.4, -0.2) is 26.9 Å². The lowest BCUT2D eigenvalue weighted by Crippen LogP contribution is -2.12. The summed E-state index contributed by atoms with van der Waals surface area (Å²) in [5, 5.41) is 17.6. The van der Waals surface area contributed by atoms with Gasteiger partial charge in [0.25, 0.3) is 5.56 Å². The van der Waals surface area contributed by atoms with Crippen LogP contribution in [0, 0.1) is 0 Å². The molecule has 0 bridgehead atoms. The van der Waals surface area contributed by atoms with E-state index in [1.807, 2.05) is 30.3 Å². The van der Waals surface area contributed by atoms with E-state index in [9.17, 15) is 14.4 Å². The van der Waals surface area contributed by atoms with Crippen molar-refractivity contribution in [1.82, 2.24) is 4.98 Å². The maximum absolute atomic E-state index is 11.8. The van der Waals surface area contributed by atoms with Crippen LogP contribution in [0.3, 0.4) is 0 Å². The summed E-state index contributed by atoms with van der Waals surface area (Å²) in [5.74, 6) is -3.50. The highest BCUT2D eigenvalue weighted by molar-refractivity contribution is 6.07. The molecular weight excluding hydrogens is 302 g/mol. The van der Waals surface area contributed by atoms with Gasteiger partial charge in [-0.3, -0.25) is 14.6 Å². The van der Waals surface area contributed by atoms with Gasteiger partial charge in [-0.05, 0) is 5.56 Å². The van der Waals surface area contributed by atoms with E-state index in [0.29, 0.717) is 6.08 Å². The summed E-state index contributed by atoms with van der Waals surface area (Å²) in [4.78, 5) is 36.3. The summed E-state index contributed by atoms with van der Waals surface area (Å²) < 4.78 is 5.41. The molecular formula is C16H13NO6. The normalized spacial score (nSPS) is 11.0. The zero-order valence-corrected chi connectivity index (χ0v) is 11.9. The molecule has 0 fully saturated rings. The lowest BCUT2D eigenvalue weighted by atomic mass is 10.1. The van der Waals surface area contributed by atoms with Crippen LogP contribution in [0.2, 0.25) is 0 Å². The standard InChI is InChI=1S/C16H13NO6/c18-12(8-13(19)16(21)22)11-6-14(20)17-15(7-11)23-9-10-4-2-1-3-5-10/h1-8,19H,9H2,(H,17,20)(H,21,22). The second kappa shape index (κ2) is 7.08. The number of carbonyl (C=O) groups excluding carboxylic acids is 1.